The number of benzene rings is 2. The lowest BCUT2D eigenvalue weighted by Gasteiger charge is -2.13. The van der Waals surface area contributed by atoms with Crippen molar-refractivity contribution in [3.63, 3.8) is 0 Å². The number of ether oxygens (including phenoxy) is 2. The summed E-state index contributed by atoms with van der Waals surface area (Å²) in [5, 5.41) is 10.4. The Bertz CT molecular complexity index is 583. The zero-order valence-electron chi connectivity index (χ0n) is 9.47. The van der Waals surface area contributed by atoms with Crippen molar-refractivity contribution in [2.75, 3.05) is 6.79 Å². The number of halogens is 1. The Kier molecular flexibility index (Phi) is 2.97. The predicted molar refractivity (Wildman–Crippen MR) is 70.8 cm³/mol. The van der Waals surface area contributed by atoms with Crippen LogP contribution in [-0.4, -0.2) is 11.9 Å². The molecule has 0 spiro atoms. The molecule has 2 aromatic rings. The maximum atomic E-state index is 10.4. The molecule has 1 heterocycles. The summed E-state index contributed by atoms with van der Waals surface area (Å²) < 4.78 is 11.4. The lowest BCUT2D eigenvalue weighted by atomic mass is 10.0. The molecule has 92 valence electrons. The van der Waals surface area contributed by atoms with Gasteiger partial charge in [0.05, 0.1) is 0 Å². The van der Waals surface area contributed by atoms with Crippen LogP contribution in [0.3, 0.4) is 0 Å². The molecule has 0 unspecified atom stereocenters. The van der Waals surface area contributed by atoms with E-state index in [1.807, 2.05) is 42.5 Å². The molecule has 2 aromatic carbocycles. The van der Waals surface area contributed by atoms with E-state index in [1.165, 1.54) is 0 Å². The Hall–Kier alpha value is -1.52. The molecule has 0 aliphatic carbocycles. The largest absolute Gasteiger partial charge is 0.454 e. The second-order valence-corrected chi connectivity index (χ2v) is 4.89. The first-order valence-electron chi connectivity index (χ1n) is 5.58. The number of aliphatic hydroxyl groups is 1. The van der Waals surface area contributed by atoms with Gasteiger partial charge in [-0.05, 0) is 29.3 Å². The fourth-order valence-electron chi connectivity index (χ4n) is 1.96. The molecule has 3 nitrogen and oxygen atoms in total. The van der Waals surface area contributed by atoms with Crippen LogP contribution in [0.15, 0.2) is 46.9 Å². The van der Waals surface area contributed by atoms with Gasteiger partial charge in [-0.2, -0.15) is 0 Å². The van der Waals surface area contributed by atoms with Crippen LogP contribution in [-0.2, 0) is 0 Å². The third-order valence-corrected chi connectivity index (χ3v) is 3.63. The fourth-order valence-corrected chi connectivity index (χ4v) is 2.46. The average Bonchev–Trinajstić information content (AvgIpc) is 2.85. The zero-order chi connectivity index (χ0) is 12.5. The molecule has 0 saturated carbocycles. The van der Waals surface area contributed by atoms with E-state index in [0.29, 0.717) is 5.75 Å². The highest BCUT2D eigenvalue weighted by molar-refractivity contribution is 9.10. The van der Waals surface area contributed by atoms with Crippen LogP contribution in [0.4, 0.5) is 0 Å². The lowest BCUT2D eigenvalue weighted by molar-refractivity contribution is 0.173. The van der Waals surface area contributed by atoms with Gasteiger partial charge in [-0.25, -0.2) is 0 Å². The van der Waals surface area contributed by atoms with Gasteiger partial charge in [-0.1, -0.05) is 40.2 Å². The number of fused-ring (bicyclic) bond motifs is 1. The van der Waals surface area contributed by atoms with Crippen LogP contribution in [0.2, 0.25) is 0 Å². The first kappa shape index (κ1) is 11.6. The molecule has 0 aromatic heterocycles. The van der Waals surface area contributed by atoms with Crippen molar-refractivity contribution in [2.45, 2.75) is 6.10 Å². The van der Waals surface area contributed by atoms with Crippen LogP contribution in [0, 0.1) is 0 Å². The topological polar surface area (TPSA) is 38.7 Å². The highest BCUT2D eigenvalue weighted by Gasteiger charge is 2.18. The van der Waals surface area contributed by atoms with E-state index in [2.05, 4.69) is 15.9 Å². The summed E-state index contributed by atoms with van der Waals surface area (Å²) in [7, 11) is 0. The molecule has 4 heteroatoms. The standard InChI is InChI=1S/C14H11BrO3/c15-11-4-2-1-3-10(11)14(16)9-5-6-12-13(7-9)18-8-17-12/h1-7,14,16H,8H2/t14-/m0/s1. The Balaban J connectivity index is 1.98. The Morgan fingerprint density at radius 3 is 2.67 bits per heavy atom. The van der Waals surface area contributed by atoms with E-state index in [4.69, 9.17) is 9.47 Å². The van der Waals surface area contributed by atoms with Gasteiger partial charge in [-0.15, -0.1) is 0 Å². The smallest absolute Gasteiger partial charge is 0.231 e. The van der Waals surface area contributed by atoms with Crippen LogP contribution in [0.1, 0.15) is 17.2 Å². The van der Waals surface area contributed by atoms with E-state index >= 15 is 0 Å². The lowest BCUT2D eigenvalue weighted by Crippen LogP contribution is -2.00. The van der Waals surface area contributed by atoms with Crippen LogP contribution < -0.4 is 9.47 Å². The summed E-state index contributed by atoms with van der Waals surface area (Å²) in [5.74, 6) is 1.40. The van der Waals surface area contributed by atoms with Crippen LogP contribution in [0.25, 0.3) is 0 Å². The maximum Gasteiger partial charge on any atom is 0.231 e. The van der Waals surface area contributed by atoms with Crippen molar-refractivity contribution in [2.24, 2.45) is 0 Å². The van der Waals surface area contributed by atoms with Gasteiger partial charge in [-0.3, -0.25) is 0 Å². The second-order valence-electron chi connectivity index (χ2n) is 4.04. The number of rotatable bonds is 2. The molecular weight excluding hydrogens is 296 g/mol. The van der Waals surface area contributed by atoms with Gasteiger partial charge < -0.3 is 14.6 Å². The van der Waals surface area contributed by atoms with Crippen LogP contribution >= 0.6 is 15.9 Å². The summed E-state index contributed by atoms with van der Waals surface area (Å²) in [4.78, 5) is 0. The van der Waals surface area contributed by atoms with Crippen LogP contribution in [0.5, 0.6) is 11.5 Å². The predicted octanol–water partition coefficient (Wildman–Crippen LogP) is 3.26. The molecule has 0 radical (unpaired) electrons. The average molecular weight is 307 g/mol. The summed E-state index contributed by atoms with van der Waals surface area (Å²) in [5.41, 5.74) is 1.61. The molecule has 0 amide bonds. The van der Waals surface area contributed by atoms with Gasteiger partial charge in [0.2, 0.25) is 6.79 Å². The summed E-state index contributed by atoms with van der Waals surface area (Å²) in [6, 6.07) is 13.1. The van der Waals surface area contributed by atoms with E-state index in [-0.39, 0.29) is 6.79 Å². The minimum Gasteiger partial charge on any atom is -0.454 e. The van der Waals surface area contributed by atoms with Crippen molar-refractivity contribution in [1.82, 2.24) is 0 Å². The van der Waals surface area contributed by atoms with E-state index in [9.17, 15) is 5.11 Å². The van der Waals surface area contributed by atoms with Crippen molar-refractivity contribution in [1.29, 1.82) is 0 Å². The van der Waals surface area contributed by atoms with Gasteiger partial charge in [0.15, 0.2) is 11.5 Å². The summed E-state index contributed by atoms with van der Waals surface area (Å²) in [6.07, 6.45) is -0.685. The second kappa shape index (κ2) is 4.63. The summed E-state index contributed by atoms with van der Waals surface area (Å²) in [6.45, 7) is 0.240. The molecule has 0 saturated heterocycles. The highest BCUT2D eigenvalue weighted by Crippen LogP contribution is 2.36. The molecule has 1 N–H and O–H groups in total. The van der Waals surface area contributed by atoms with Crippen molar-refractivity contribution >= 4 is 15.9 Å². The molecule has 18 heavy (non-hydrogen) atoms. The third kappa shape index (κ3) is 1.98. The number of hydrogen-bond donors (Lipinski definition) is 1. The minimum atomic E-state index is -0.685. The molecule has 1 aliphatic heterocycles. The SMILES string of the molecule is O[C@@H](c1ccc2c(c1)OCO2)c1ccccc1Br. The maximum absolute atomic E-state index is 10.4. The molecule has 0 fully saturated rings. The van der Waals surface area contributed by atoms with E-state index in [0.717, 1.165) is 21.3 Å². The highest BCUT2D eigenvalue weighted by atomic mass is 79.9. The third-order valence-electron chi connectivity index (χ3n) is 2.91. The Morgan fingerprint density at radius 1 is 1.06 bits per heavy atom. The number of hydrogen-bond acceptors (Lipinski definition) is 3. The normalized spacial score (nSPS) is 14.6. The van der Waals surface area contributed by atoms with Gasteiger partial charge in [0.1, 0.15) is 6.10 Å². The first-order valence-corrected chi connectivity index (χ1v) is 6.37. The van der Waals surface area contributed by atoms with E-state index < -0.39 is 6.10 Å². The number of aliphatic hydroxyl groups excluding tert-OH is 1. The van der Waals surface area contributed by atoms with Gasteiger partial charge >= 0.3 is 0 Å². The van der Waals surface area contributed by atoms with Gasteiger partial charge in [0.25, 0.3) is 0 Å². The van der Waals surface area contributed by atoms with Crippen molar-refractivity contribution < 1.29 is 14.6 Å². The molecule has 3 rings (SSSR count). The first-order chi connectivity index (χ1) is 8.75. The van der Waals surface area contributed by atoms with E-state index in [1.54, 1.807) is 0 Å². The van der Waals surface area contributed by atoms with Crippen molar-refractivity contribution in [3.8, 4) is 11.5 Å². The zero-order valence-corrected chi connectivity index (χ0v) is 11.1. The van der Waals surface area contributed by atoms with Gasteiger partial charge in [0, 0.05) is 4.47 Å². The Labute approximate surface area is 113 Å². The fraction of sp³-hybridized carbons (Fsp3) is 0.143. The molecular formula is C14H11BrO3. The molecule has 1 aliphatic rings. The quantitative estimate of drug-likeness (QED) is 0.925. The molecule has 0 bridgehead atoms. The minimum absolute atomic E-state index is 0.240. The Morgan fingerprint density at radius 2 is 1.83 bits per heavy atom. The summed E-state index contributed by atoms with van der Waals surface area (Å²) >= 11 is 3.44. The molecule has 1 atom stereocenters. The van der Waals surface area contributed by atoms with Crippen molar-refractivity contribution in [3.05, 3.63) is 58.1 Å². The monoisotopic (exact) mass is 306 g/mol.